The Morgan fingerprint density at radius 2 is 2.29 bits per heavy atom. The van der Waals surface area contributed by atoms with Gasteiger partial charge in [0.15, 0.2) is 0 Å². The van der Waals surface area contributed by atoms with E-state index in [1.54, 1.807) is 11.3 Å². The zero-order chi connectivity index (χ0) is 12.3. The summed E-state index contributed by atoms with van der Waals surface area (Å²) in [5.41, 5.74) is 1.22. The van der Waals surface area contributed by atoms with E-state index >= 15 is 0 Å². The van der Waals surface area contributed by atoms with Gasteiger partial charge in [0.1, 0.15) is 6.17 Å². The molecule has 1 aromatic heterocycles. The molecule has 17 heavy (non-hydrogen) atoms. The third-order valence-corrected chi connectivity index (χ3v) is 3.97. The fourth-order valence-corrected chi connectivity index (χ4v) is 2.93. The lowest BCUT2D eigenvalue weighted by atomic mass is 10.2. The van der Waals surface area contributed by atoms with Crippen LogP contribution in [0, 0.1) is 0 Å². The highest BCUT2D eigenvalue weighted by Gasteiger charge is 2.38. The van der Waals surface area contributed by atoms with E-state index in [0.29, 0.717) is 0 Å². The molecule has 0 saturated carbocycles. The zero-order valence-electron chi connectivity index (χ0n) is 10.5. The Morgan fingerprint density at radius 3 is 2.88 bits per heavy atom. The molecule has 2 heterocycles. The number of hydrogen-bond donors (Lipinski definition) is 1. The van der Waals surface area contributed by atoms with Crippen LogP contribution in [0.3, 0.4) is 0 Å². The predicted molar refractivity (Wildman–Crippen MR) is 70.9 cm³/mol. The summed E-state index contributed by atoms with van der Waals surface area (Å²) in [4.78, 5) is 14.2. The molecule has 1 N–H and O–H groups in total. The molecule has 2 atom stereocenters. The van der Waals surface area contributed by atoms with Crippen LogP contribution in [0.1, 0.15) is 44.8 Å². The Bertz CT molecular complexity index is 364. The molecule has 94 valence electrons. The Labute approximate surface area is 107 Å². The number of carbonyl (C=O) groups is 1. The molecule has 4 heteroatoms. The van der Waals surface area contributed by atoms with E-state index in [0.717, 1.165) is 25.8 Å². The van der Waals surface area contributed by atoms with Crippen molar-refractivity contribution in [3.8, 4) is 0 Å². The van der Waals surface area contributed by atoms with E-state index in [2.05, 4.69) is 36.0 Å². The van der Waals surface area contributed by atoms with Gasteiger partial charge in [-0.25, -0.2) is 0 Å². The molecule has 0 spiro atoms. The summed E-state index contributed by atoms with van der Waals surface area (Å²) in [6.07, 6.45) is 3.15. The van der Waals surface area contributed by atoms with Gasteiger partial charge >= 0.3 is 0 Å². The van der Waals surface area contributed by atoms with Crippen molar-refractivity contribution in [2.45, 2.75) is 45.3 Å². The molecule has 3 nitrogen and oxygen atoms in total. The van der Waals surface area contributed by atoms with Crippen molar-refractivity contribution in [2.75, 3.05) is 6.54 Å². The van der Waals surface area contributed by atoms with Gasteiger partial charge < -0.3 is 4.90 Å². The van der Waals surface area contributed by atoms with E-state index < -0.39 is 0 Å². The number of thiophene rings is 1. The lowest BCUT2D eigenvalue weighted by Crippen LogP contribution is -2.31. The first-order chi connectivity index (χ1) is 8.27. The zero-order valence-corrected chi connectivity index (χ0v) is 11.3. The molecule has 0 bridgehead atoms. The minimum atomic E-state index is -0.00300. The summed E-state index contributed by atoms with van der Waals surface area (Å²) in [6.45, 7) is 5.08. The highest BCUT2D eigenvalue weighted by Crippen LogP contribution is 2.28. The molecular formula is C13H20N2OS. The van der Waals surface area contributed by atoms with Gasteiger partial charge in [0.2, 0.25) is 5.91 Å². The maximum Gasteiger partial charge on any atom is 0.241 e. The number of nitrogens with one attached hydrogen (secondary N) is 1. The van der Waals surface area contributed by atoms with Crippen molar-refractivity contribution in [2.24, 2.45) is 0 Å². The molecule has 2 rings (SSSR count). The quantitative estimate of drug-likeness (QED) is 0.874. The number of amides is 1. The smallest absolute Gasteiger partial charge is 0.241 e. The Kier molecular flexibility index (Phi) is 4.18. The summed E-state index contributed by atoms with van der Waals surface area (Å²) < 4.78 is 0. The van der Waals surface area contributed by atoms with Crippen LogP contribution in [0.15, 0.2) is 16.8 Å². The van der Waals surface area contributed by atoms with Crippen molar-refractivity contribution >= 4 is 17.2 Å². The van der Waals surface area contributed by atoms with Crippen LogP contribution < -0.4 is 5.32 Å². The van der Waals surface area contributed by atoms with E-state index in [4.69, 9.17) is 0 Å². The topological polar surface area (TPSA) is 32.3 Å². The van der Waals surface area contributed by atoms with Gasteiger partial charge in [-0.05, 0) is 35.2 Å². The van der Waals surface area contributed by atoms with Crippen LogP contribution in [0.5, 0.6) is 0 Å². The molecular weight excluding hydrogens is 232 g/mol. The van der Waals surface area contributed by atoms with Crippen molar-refractivity contribution in [3.05, 3.63) is 22.4 Å². The second-order valence-corrected chi connectivity index (χ2v) is 5.25. The molecule has 2 unspecified atom stereocenters. The molecule has 1 saturated heterocycles. The summed E-state index contributed by atoms with van der Waals surface area (Å²) in [5, 5.41) is 7.63. The minimum absolute atomic E-state index is 0.00300. The minimum Gasteiger partial charge on any atom is -0.322 e. The van der Waals surface area contributed by atoms with Crippen LogP contribution in [-0.4, -0.2) is 23.4 Å². The first kappa shape index (κ1) is 12.6. The molecule has 0 aromatic carbocycles. The molecule has 1 fully saturated rings. The highest BCUT2D eigenvalue weighted by molar-refractivity contribution is 7.07. The molecule has 1 aliphatic rings. The van der Waals surface area contributed by atoms with Crippen LogP contribution in [0.25, 0.3) is 0 Å². The molecule has 1 aromatic rings. The van der Waals surface area contributed by atoms with Crippen molar-refractivity contribution in [1.82, 2.24) is 10.2 Å². The highest BCUT2D eigenvalue weighted by atomic mass is 32.1. The van der Waals surface area contributed by atoms with Gasteiger partial charge in [-0.1, -0.05) is 20.3 Å². The van der Waals surface area contributed by atoms with Crippen LogP contribution >= 0.6 is 11.3 Å². The summed E-state index contributed by atoms with van der Waals surface area (Å²) in [7, 11) is 0. The van der Waals surface area contributed by atoms with E-state index in [9.17, 15) is 4.79 Å². The summed E-state index contributed by atoms with van der Waals surface area (Å²) in [6, 6.07) is 2.10. The van der Waals surface area contributed by atoms with Crippen LogP contribution in [0.4, 0.5) is 0 Å². The maximum atomic E-state index is 12.2. The number of carbonyl (C=O) groups excluding carboxylic acids is 1. The van der Waals surface area contributed by atoms with Crippen molar-refractivity contribution in [1.29, 1.82) is 0 Å². The van der Waals surface area contributed by atoms with E-state index in [1.807, 2.05) is 4.90 Å². The second-order valence-electron chi connectivity index (χ2n) is 4.47. The fraction of sp³-hybridized carbons (Fsp3) is 0.615. The third kappa shape index (κ3) is 2.53. The lowest BCUT2D eigenvalue weighted by molar-refractivity contribution is -0.130. The Morgan fingerprint density at radius 1 is 1.47 bits per heavy atom. The molecule has 1 aliphatic heterocycles. The van der Waals surface area contributed by atoms with Gasteiger partial charge in [-0.15, -0.1) is 0 Å². The second kappa shape index (κ2) is 5.65. The first-order valence-corrected chi connectivity index (χ1v) is 7.30. The lowest BCUT2D eigenvalue weighted by Gasteiger charge is -2.23. The number of hydrogen-bond acceptors (Lipinski definition) is 3. The molecule has 0 aliphatic carbocycles. The van der Waals surface area contributed by atoms with Crippen LogP contribution in [-0.2, 0) is 4.79 Å². The number of rotatable bonds is 5. The van der Waals surface area contributed by atoms with Gasteiger partial charge in [0.25, 0.3) is 0 Å². The summed E-state index contributed by atoms with van der Waals surface area (Å²) in [5.74, 6) is 0.261. The van der Waals surface area contributed by atoms with Crippen LogP contribution in [0.2, 0.25) is 0 Å². The first-order valence-electron chi connectivity index (χ1n) is 6.36. The van der Waals surface area contributed by atoms with E-state index in [1.165, 1.54) is 5.56 Å². The van der Waals surface area contributed by atoms with Gasteiger partial charge in [0.05, 0.1) is 6.04 Å². The maximum absolute atomic E-state index is 12.2. The SMILES string of the molecule is CCCCN1C(=O)C(CC)NC1c1ccsc1. The summed E-state index contributed by atoms with van der Waals surface area (Å²) >= 11 is 1.68. The molecule has 1 amide bonds. The average Bonchev–Trinajstić information content (AvgIpc) is 2.94. The standard InChI is InChI=1S/C13H20N2OS/c1-3-5-7-15-12(10-6-8-17-9-10)14-11(4-2)13(15)16/h6,8-9,11-12,14H,3-5,7H2,1-2H3. The van der Waals surface area contributed by atoms with Crippen molar-refractivity contribution < 1.29 is 4.79 Å². The molecule has 0 radical (unpaired) electrons. The normalized spacial score (nSPS) is 24.6. The number of unbranched alkanes of at least 4 members (excludes halogenated alkanes) is 1. The average molecular weight is 252 g/mol. The fourth-order valence-electron chi connectivity index (χ4n) is 2.25. The monoisotopic (exact) mass is 252 g/mol. The Hall–Kier alpha value is -0.870. The van der Waals surface area contributed by atoms with Gasteiger partial charge in [0, 0.05) is 6.54 Å². The Balaban J connectivity index is 2.15. The van der Waals surface area contributed by atoms with E-state index in [-0.39, 0.29) is 18.1 Å². The number of nitrogens with zero attached hydrogens (tertiary/aromatic N) is 1. The van der Waals surface area contributed by atoms with Gasteiger partial charge in [-0.3, -0.25) is 10.1 Å². The predicted octanol–water partition coefficient (Wildman–Crippen LogP) is 2.76. The third-order valence-electron chi connectivity index (χ3n) is 3.27. The largest absolute Gasteiger partial charge is 0.322 e. The van der Waals surface area contributed by atoms with Gasteiger partial charge in [-0.2, -0.15) is 11.3 Å². The van der Waals surface area contributed by atoms with Crippen molar-refractivity contribution in [3.63, 3.8) is 0 Å².